The Bertz CT molecular complexity index is 672. The fourth-order valence-corrected chi connectivity index (χ4v) is 4.35. The van der Waals surface area contributed by atoms with Gasteiger partial charge in [0.15, 0.2) is 6.61 Å². The van der Waals surface area contributed by atoms with Crippen molar-refractivity contribution in [3.63, 3.8) is 0 Å². The Labute approximate surface area is 128 Å². The molecule has 1 atom stereocenters. The molecular formula is C14H16N2O5S. The quantitative estimate of drug-likeness (QED) is 0.808. The number of imide groups is 1. The molecule has 0 aliphatic carbocycles. The number of sulfonamides is 1. The van der Waals surface area contributed by atoms with Gasteiger partial charge in [-0.05, 0) is 12.0 Å². The number of carbonyl (C=O) groups excluding carboxylic acids is 2. The van der Waals surface area contributed by atoms with E-state index in [1.165, 1.54) is 4.31 Å². The molecular weight excluding hydrogens is 308 g/mol. The minimum absolute atomic E-state index is 0.0844. The van der Waals surface area contributed by atoms with E-state index in [4.69, 9.17) is 0 Å². The highest BCUT2D eigenvalue weighted by Gasteiger charge is 2.42. The molecule has 3 rings (SSSR count). The van der Waals surface area contributed by atoms with Crippen LogP contribution in [0.25, 0.3) is 0 Å². The normalized spacial score (nSPS) is 23.1. The van der Waals surface area contributed by atoms with E-state index in [9.17, 15) is 18.0 Å². The van der Waals surface area contributed by atoms with Crippen molar-refractivity contribution >= 4 is 22.0 Å². The summed E-state index contributed by atoms with van der Waals surface area (Å²) in [6.45, 7) is 0.180. The smallest absolute Gasteiger partial charge is 0.417 e. The summed E-state index contributed by atoms with van der Waals surface area (Å²) >= 11 is 0. The summed E-state index contributed by atoms with van der Waals surface area (Å²) < 4.78 is 30.9. The van der Waals surface area contributed by atoms with Crippen LogP contribution in [-0.2, 0) is 25.3 Å². The van der Waals surface area contributed by atoms with Gasteiger partial charge in [-0.15, -0.1) is 0 Å². The van der Waals surface area contributed by atoms with Crippen molar-refractivity contribution in [2.45, 2.75) is 18.2 Å². The summed E-state index contributed by atoms with van der Waals surface area (Å²) in [5, 5.41) is 0. The third-order valence-corrected chi connectivity index (χ3v) is 5.68. The Hall–Kier alpha value is -1.93. The molecule has 0 radical (unpaired) electrons. The van der Waals surface area contributed by atoms with Crippen LogP contribution >= 0.6 is 0 Å². The van der Waals surface area contributed by atoms with E-state index in [-0.39, 0.29) is 18.9 Å². The van der Waals surface area contributed by atoms with E-state index in [1.54, 1.807) is 24.3 Å². The first-order valence-corrected chi connectivity index (χ1v) is 8.59. The second kappa shape index (κ2) is 5.69. The molecule has 0 bridgehead atoms. The number of rotatable bonds is 4. The number of cyclic esters (lactones) is 1. The van der Waals surface area contributed by atoms with Gasteiger partial charge in [-0.25, -0.2) is 18.1 Å². The summed E-state index contributed by atoms with van der Waals surface area (Å²) in [5.74, 6) is -0.490. The number of nitrogens with zero attached hydrogens (tertiary/aromatic N) is 2. The molecule has 7 nitrogen and oxygen atoms in total. The van der Waals surface area contributed by atoms with E-state index >= 15 is 0 Å². The number of hydrogen-bond donors (Lipinski definition) is 0. The SMILES string of the molecule is O=C1COC(=O)N1C1CCN(S(=O)(=O)Cc2ccccc2)C1. The molecule has 0 aromatic heterocycles. The van der Waals surface area contributed by atoms with Crippen molar-refractivity contribution in [1.29, 1.82) is 0 Å². The lowest BCUT2D eigenvalue weighted by Gasteiger charge is -2.20. The van der Waals surface area contributed by atoms with Crippen molar-refractivity contribution in [3.8, 4) is 0 Å². The van der Waals surface area contributed by atoms with Crippen LogP contribution in [0, 0.1) is 0 Å². The van der Waals surface area contributed by atoms with Gasteiger partial charge in [0.2, 0.25) is 10.0 Å². The van der Waals surface area contributed by atoms with Gasteiger partial charge in [0.25, 0.3) is 5.91 Å². The summed E-state index contributed by atoms with van der Waals surface area (Å²) in [6, 6.07) is 8.48. The number of amides is 2. The molecule has 2 heterocycles. The van der Waals surface area contributed by atoms with Gasteiger partial charge in [0, 0.05) is 13.1 Å². The van der Waals surface area contributed by atoms with Crippen LogP contribution in [0.5, 0.6) is 0 Å². The van der Waals surface area contributed by atoms with Gasteiger partial charge in [-0.2, -0.15) is 4.31 Å². The zero-order valence-electron chi connectivity index (χ0n) is 11.8. The Kier molecular flexibility index (Phi) is 3.88. The van der Waals surface area contributed by atoms with Crippen LogP contribution in [0.1, 0.15) is 12.0 Å². The molecule has 1 unspecified atom stereocenters. The van der Waals surface area contributed by atoms with Crippen molar-refractivity contribution in [1.82, 2.24) is 9.21 Å². The van der Waals surface area contributed by atoms with E-state index < -0.39 is 28.1 Å². The fraction of sp³-hybridized carbons (Fsp3) is 0.429. The molecule has 2 saturated heterocycles. The Morgan fingerprint density at radius 1 is 1.18 bits per heavy atom. The maximum absolute atomic E-state index is 12.4. The summed E-state index contributed by atoms with van der Waals surface area (Å²) in [7, 11) is -3.47. The summed E-state index contributed by atoms with van der Waals surface area (Å²) in [5.41, 5.74) is 0.711. The van der Waals surface area contributed by atoms with Crippen LogP contribution in [0.3, 0.4) is 0 Å². The van der Waals surface area contributed by atoms with Gasteiger partial charge < -0.3 is 4.74 Å². The number of carbonyl (C=O) groups is 2. The molecule has 0 spiro atoms. The average molecular weight is 324 g/mol. The van der Waals surface area contributed by atoms with Crippen molar-refractivity contribution < 1.29 is 22.7 Å². The van der Waals surface area contributed by atoms with E-state index in [1.807, 2.05) is 6.07 Å². The number of hydrogen-bond acceptors (Lipinski definition) is 5. The van der Waals surface area contributed by atoms with Gasteiger partial charge in [-0.1, -0.05) is 30.3 Å². The molecule has 8 heteroatoms. The summed E-state index contributed by atoms with van der Waals surface area (Å²) in [4.78, 5) is 24.2. The predicted molar refractivity (Wildman–Crippen MR) is 77.2 cm³/mol. The Morgan fingerprint density at radius 3 is 2.55 bits per heavy atom. The van der Waals surface area contributed by atoms with Gasteiger partial charge >= 0.3 is 6.09 Å². The van der Waals surface area contributed by atoms with Crippen LogP contribution in [0.15, 0.2) is 30.3 Å². The van der Waals surface area contributed by atoms with E-state index in [0.717, 1.165) is 4.90 Å². The lowest BCUT2D eigenvalue weighted by atomic mass is 10.2. The largest absolute Gasteiger partial charge is 0.439 e. The third-order valence-electron chi connectivity index (χ3n) is 3.86. The first kappa shape index (κ1) is 15.0. The van der Waals surface area contributed by atoms with Crippen molar-refractivity contribution in [2.24, 2.45) is 0 Å². The fourth-order valence-electron chi connectivity index (χ4n) is 2.77. The molecule has 0 N–H and O–H groups in total. The number of benzene rings is 1. The van der Waals surface area contributed by atoms with Gasteiger partial charge in [-0.3, -0.25) is 4.79 Å². The summed E-state index contributed by atoms with van der Waals surface area (Å²) in [6.07, 6.45) is -0.244. The molecule has 0 saturated carbocycles. The highest BCUT2D eigenvalue weighted by Crippen LogP contribution is 2.23. The molecule has 1 aromatic carbocycles. The van der Waals surface area contributed by atoms with Gasteiger partial charge in [0.05, 0.1) is 11.8 Å². The van der Waals surface area contributed by atoms with Gasteiger partial charge in [0.1, 0.15) is 0 Å². The lowest BCUT2D eigenvalue weighted by molar-refractivity contribution is -0.127. The zero-order valence-corrected chi connectivity index (χ0v) is 12.7. The molecule has 2 amide bonds. The second-order valence-electron chi connectivity index (χ2n) is 5.36. The average Bonchev–Trinajstić information content (AvgIpc) is 3.07. The third kappa shape index (κ3) is 2.84. The minimum atomic E-state index is -3.47. The topological polar surface area (TPSA) is 84.0 Å². The highest BCUT2D eigenvalue weighted by atomic mass is 32.2. The van der Waals surface area contributed by atoms with E-state index in [0.29, 0.717) is 18.5 Å². The zero-order chi connectivity index (χ0) is 15.7. The first-order valence-electron chi connectivity index (χ1n) is 6.98. The van der Waals surface area contributed by atoms with Crippen molar-refractivity contribution in [2.75, 3.05) is 19.7 Å². The van der Waals surface area contributed by atoms with Crippen LogP contribution < -0.4 is 0 Å². The molecule has 22 heavy (non-hydrogen) atoms. The first-order chi connectivity index (χ1) is 10.5. The minimum Gasteiger partial charge on any atom is -0.439 e. The maximum Gasteiger partial charge on any atom is 0.417 e. The highest BCUT2D eigenvalue weighted by molar-refractivity contribution is 7.88. The van der Waals surface area contributed by atoms with Crippen LogP contribution in [-0.4, -0.2) is 55.4 Å². The number of ether oxygens (including phenoxy) is 1. The van der Waals surface area contributed by atoms with Crippen LogP contribution in [0.4, 0.5) is 4.79 Å². The van der Waals surface area contributed by atoms with Crippen LogP contribution in [0.2, 0.25) is 0 Å². The lowest BCUT2D eigenvalue weighted by Crippen LogP contribution is -2.42. The monoisotopic (exact) mass is 324 g/mol. The second-order valence-corrected chi connectivity index (χ2v) is 7.33. The van der Waals surface area contributed by atoms with E-state index in [2.05, 4.69) is 4.74 Å². The predicted octanol–water partition coefficient (Wildman–Crippen LogP) is 0.569. The Morgan fingerprint density at radius 2 is 1.91 bits per heavy atom. The molecule has 2 aliphatic heterocycles. The molecule has 118 valence electrons. The van der Waals surface area contributed by atoms with Crippen molar-refractivity contribution in [3.05, 3.63) is 35.9 Å². The molecule has 2 aliphatic rings. The molecule has 1 aromatic rings. The standard InChI is InChI=1S/C14H16N2O5S/c17-13-9-21-14(18)16(13)12-6-7-15(8-12)22(19,20)10-11-4-2-1-3-5-11/h1-5,12H,6-10H2. The Balaban J connectivity index is 1.69. The maximum atomic E-state index is 12.4. The molecule has 2 fully saturated rings.